The molecule has 1 aromatic carbocycles. The van der Waals surface area contributed by atoms with Crippen LogP contribution < -0.4 is 5.43 Å². The van der Waals surface area contributed by atoms with Gasteiger partial charge < -0.3 is 0 Å². The Morgan fingerprint density at radius 1 is 1.11 bits per heavy atom. The Kier molecular flexibility index (Phi) is 4.23. The average molecular weight is 254 g/mol. The zero-order valence-corrected chi connectivity index (χ0v) is 11.5. The summed E-state index contributed by atoms with van der Waals surface area (Å²) in [7, 11) is 0. The number of aryl methyl sites for hydroxylation is 2. The summed E-state index contributed by atoms with van der Waals surface area (Å²) in [5, 5.41) is 4.41. The number of hydrazone groups is 1. The van der Waals surface area contributed by atoms with Gasteiger partial charge in [0.1, 0.15) is 0 Å². The lowest BCUT2D eigenvalue weighted by atomic mass is 10.1. The number of rotatable bonds is 4. The van der Waals surface area contributed by atoms with E-state index in [1.807, 2.05) is 50.2 Å². The second-order valence-electron chi connectivity index (χ2n) is 4.36. The molecule has 0 spiro atoms. The van der Waals surface area contributed by atoms with Crippen molar-refractivity contribution in [2.75, 3.05) is 5.43 Å². The lowest BCUT2D eigenvalue weighted by molar-refractivity contribution is 1.03. The van der Waals surface area contributed by atoms with Gasteiger partial charge in [-0.3, -0.25) is 0 Å². The Labute approximate surface area is 113 Å². The zero-order chi connectivity index (χ0) is 13.7. The van der Waals surface area contributed by atoms with Crippen molar-refractivity contribution in [3.63, 3.8) is 0 Å². The van der Waals surface area contributed by atoms with Crippen molar-refractivity contribution >= 4 is 11.7 Å². The van der Waals surface area contributed by atoms with Crippen molar-refractivity contribution in [3.05, 3.63) is 53.3 Å². The van der Waals surface area contributed by atoms with Gasteiger partial charge in [-0.25, -0.2) is 15.4 Å². The summed E-state index contributed by atoms with van der Waals surface area (Å²) >= 11 is 0. The number of hydrogen-bond acceptors (Lipinski definition) is 4. The normalized spacial score (nSPS) is 11.4. The molecule has 0 radical (unpaired) electrons. The second-order valence-corrected chi connectivity index (χ2v) is 4.36. The standard InChI is InChI=1S/C15H18N4/c1-4-14(13-8-6-5-7-9-13)18-19-15-16-11(2)10-12(3)17-15/h5-10H,4H2,1-3H3,(H,16,17,19). The summed E-state index contributed by atoms with van der Waals surface area (Å²) < 4.78 is 0. The van der Waals surface area contributed by atoms with Crippen molar-refractivity contribution in [3.8, 4) is 0 Å². The fraction of sp³-hybridized carbons (Fsp3) is 0.267. The van der Waals surface area contributed by atoms with Gasteiger partial charge in [-0.1, -0.05) is 37.3 Å². The van der Waals surface area contributed by atoms with Gasteiger partial charge >= 0.3 is 0 Å². The van der Waals surface area contributed by atoms with E-state index in [0.29, 0.717) is 5.95 Å². The third kappa shape index (κ3) is 3.61. The Bertz CT molecular complexity index is 556. The van der Waals surface area contributed by atoms with E-state index in [2.05, 4.69) is 27.4 Å². The molecule has 0 saturated carbocycles. The van der Waals surface area contributed by atoms with E-state index >= 15 is 0 Å². The fourth-order valence-electron chi connectivity index (χ4n) is 1.87. The van der Waals surface area contributed by atoms with Gasteiger partial charge in [-0.05, 0) is 31.9 Å². The number of aromatic nitrogens is 2. The first kappa shape index (κ1) is 13.2. The molecule has 0 aliphatic carbocycles. The molecule has 1 N–H and O–H groups in total. The predicted molar refractivity (Wildman–Crippen MR) is 78.4 cm³/mol. The highest BCUT2D eigenvalue weighted by molar-refractivity contribution is 6.00. The molecule has 0 bridgehead atoms. The molecule has 1 aromatic heterocycles. The van der Waals surface area contributed by atoms with E-state index in [9.17, 15) is 0 Å². The molecule has 2 rings (SSSR count). The monoisotopic (exact) mass is 254 g/mol. The molecule has 4 nitrogen and oxygen atoms in total. The third-order valence-corrected chi connectivity index (χ3v) is 2.72. The molecule has 2 aromatic rings. The van der Waals surface area contributed by atoms with Crippen LogP contribution in [-0.2, 0) is 0 Å². The number of hydrogen-bond donors (Lipinski definition) is 1. The molecule has 98 valence electrons. The average Bonchev–Trinajstić information content (AvgIpc) is 2.39. The van der Waals surface area contributed by atoms with Crippen LogP contribution in [0.1, 0.15) is 30.3 Å². The number of benzene rings is 1. The van der Waals surface area contributed by atoms with Gasteiger partial charge in [0.25, 0.3) is 0 Å². The summed E-state index contributed by atoms with van der Waals surface area (Å²) in [5.41, 5.74) is 6.91. The first-order valence-electron chi connectivity index (χ1n) is 6.39. The molecule has 0 unspecified atom stereocenters. The minimum Gasteiger partial charge on any atom is -0.245 e. The largest absolute Gasteiger partial charge is 0.245 e. The topological polar surface area (TPSA) is 50.2 Å². The smallest absolute Gasteiger partial charge is 0.243 e. The van der Waals surface area contributed by atoms with Gasteiger partial charge in [0.2, 0.25) is 5.95 Å². The Morgan fingerprint density at radius 3 is 2.32 bits per heavy atom. The molecule has 1 heterocycles. The number of anilines is 1. The molecule has 4 heteroatoms. The predicted octanol–water partition coefficient (Wildman–Crippen LogP) is 3.32. The van der Waals surface area contributed by atoms with E-state index in [4.69, 9.17) is 0 Å². The van der Waals surface area contributed by atoms with Crippen molar-refractivity contribution < 1.29 is 0 Å². The van der Waals surface area contributed by atoms with Crippen molar-refractivity contribution in [2.45, 2.75) is 27.2 Å². The molecule has 0 saturated heterocycles. The Balaban J connectivity index is 2.20. The van der Waals surface area contributed by atoms with Crippen LogP contribution in [0.3, 0.4) is 0 Å². The maximum atomic E-state index is 4.41. The van der Waals surface area contributed by atoms with Crippen LogP contribution in [-0.4, -0.2) is 15.7 Å². The SMILES string of the molecule is CCC(=NNc1nc(C)cc(C)n1)c1ccccc1. The third-order valence-electron chi connectivity index (χ3n) is 2.72. The molecule has 0 amide bonds. The maximum absolute atomic E-state index is 4.41. The number of nitrogens with one attached hydrogen (secondary N) is 1. The summed E-state index contributed by atoms with van der Waals surface area (Å²) in [6.07, 6.45) is 0.849. The first-order valence-corrected chi connectivity index (χ1v) is 6.39. The minimum absolute atomic E-state index is 0.541. The van der Waals surface area contributed by atoms with E-state index < -0.39 is 0 Å². The van der Waals surface area contributed by atoms with Gasteiger partial charge in [-0.2, -0.15) is 5.10 Å². The molecular formula is C15H18N4. The fourth-order valence-corrected chi connectivity index (χ4v) is 1.87. The Morgan fingerprint density at radius 2 is 1.74 bits per heavy atom. The quantitative estimate of drug-likeness (QED) is 0.672. The lowest BCUT2D eigenvalue weighted by Gasteiger charge is -2.06. The van der Waals surface area contributed by atoms with Crippen molar-refractivity contribution in [1.29, 1.82) is 0 Å². The van der Waals surface area contributed by atoms with Crippen LogP contribution in [0.2, 0.25) is 0 Å². The van der Waals surface area contributed by atoms with Gasteiger partial charge in [0, 0.05) is 11.4 Å². The van der Waals surface area contributed by atoms with Crippen LogP contribution in [0.25, 0.3) is 0 Å². The number of nitrogens with zero attached hydrogens (tertiary/aromatic N) is 3. The highest BCUT2D eigenvalue weighted by Crippen LogP contribution is 2.07. The van der Waals surface area contributed by atoms with Crippen LogP contribution in [0.5, 0.6) is 0 Å². The van der Waals surface area contributed by atoms with E-state index in [-0.39, 0.29) is 0 Å². The minimum atomic E-state index is 0.541. The summed E-state index contributed by atoms with van der Waals surface area (Å²) in [4.78, 5) is 8.61. The van der Waals surface area contributed by atoms with Crippen LogP contribution in [0.4, 0.5) is 5.95 Å². The Hall–Kier alpha value is -2.23. The van der Waals surface area contributed by atoms with Gasteiger partial charge in [-0.15, -0.1) is 0 Å². The zero-order valence-electron chi connectivity index (χ0n) is 11.5. The molecule has 0 atom stereocenters. The van der Waals surface area contributed by atoms with Crippen LogP contribution in [0, 0.1) is 13.8 Å². The molecule has 0 aliphatic heterocycles. The summed E-state index contributed by atoms with van der Waals surface area (Å²) in [6, 6.07) is 12.0. The molecule has 0 fully saturated rings. The van der Waals surface area contributed by atoms with E-state index in [0.717, 1.165) is 29.1 Å². The molecular weight excluding hydrogens is 236 g/mol. The van der Waals surface area contributed by atoms with Gasteiger partial charge in [0.05, 0.1) is 5.71 Å². The lowest BCUT2D eigenvalue weighted by Crippen LogP contribution is -2.05. The summed E-state index contributed by atoms with van der Waals surface area (Å²) in [6.45, 7) is 5.97. The summed E-state index contributed by atoms with van der Waals surface area (Å²) in [5.74, 6) is 0.541. The van der Waals surface area contributed by atoms with Crippen LogP contribution >= 0.6 is 0 Å². The van der Waals surface area contributed by atoms with Gasteiger partial charge in [0.15, 0.2) is 0 Å². The van der Waals surface area contributed by atoms with Crippen molar-refractivity contribution in [1.82, 2.24) is 9.97 Å². The molecule has 0 aliphatic rings. The highest BCUT2D eigenvalue weighted by Gasteiger charge is 2.02. The highest BCUT2D eigenvalue weighted by atomic mass is 15.4. The second kappa shape index (κ2) is 6.09. The first-order chi connectivity index (χ1) is 9.19. The van der Waals surface area contributed by atoms with Crippen molar-refractivity contribution in [2.24, 2.45) is 5.10 Å². The molecule has 19 heavy (non-hydrogen) atoms. The van der Waals surface area contributed by atoms with E-state index in [1.165, 1.54) is 0 Å². The maximum Gasteiger partial charge on any atom is 0.243 e. The van der Waals surface area contributed by atoms with E-state index in [1.54, 1.807) is 0 Å². The van der Waals surface area contributed by atoms with Crippen LogP contribution in [0.15, 0.2) is 41.5 Å².